The van der Waals surface area contributed by atoms with E-state index in [-0.39, 0.29) is 0 Å². The topological polar surface area (TPSA) is 50.9 Å². The number of benzene rings is 1. The summed E-state index contributed by atoms with van der Waals surface area (Å²) in [4.78, 5) is 4.66. The van der Waals surface area contributed by atoms with Gasteiger partial charge in [0.05, 0.1) is 11.8 Å². The van der Waals surface area contributed by atoms with E-state index in [4.69, 9.17) is 4.74 Å². The Hall–Kier alpha value is -2.05. The van der Waals surface area contributed by atoms with E-state index >= 15 is 0 Å². The van der Waals surface area contributed by atoms with Crippen LogP contribution < -0.4 is 5.43 Å². The first-order chi connectivity index (χ1) is 13.7. The smallest absolute Gasteiger partial charge is 0.177 e. The molecule has 0 amide bonds. The zero-order chi connectivity index (χ0) is 19.3. The van der Waals surface area contributed by atoms with Crippen molar-refractivity contribution >= 4 is 22.6 Å². The molecule has 2 aliphatic heterocycles. The Kier molecular flexibility index (Phi) is 6.17. The quantitative estimate of drug-likeness (QED) is 0.805. The van der Waals surface area contributed by atoms with Crippen LogP contribution in [0.1, 0.15) is 35.4 Å². The van der Waals surface area contributed by atoms with Crippen LogP contribution in [0.15, 0.2) is 46.5 Å². The fourth-order valence-electron chi connectivity index (χ4n) is 3.83. The molecule has 6 heteroatoms. The molecule has 28 heavy (non-hydrogen) atoms. The van der Waals surface area contributed by atoms with Crippen LogP contribution in [-0.2, 0) is 17.7 Å². The third kappa shape index (κ3) is 4.50. The highest BCUT2D eigenvalue weighted by Gasteiger charge is 2.22. The van der Waals surface area contributed by atoms with Crippen molar-refractivity contribution in [3.05, 3.63) is 58.9 Å². The number of nitrogens with one attached hydrogen (secondary N) is 1. The number of aliphatic imine (C=N–C) groups is 1. The van der Waals surface area contributed by atoms with Crippen LogP contribution in [0, 0.1) is 13.8 Å². The molecule has 0 bridgehead atoms. The number of amidine groups is 1. The first-order valence-corrected chi connectivity index (χ1v) is 11.0. The third-order valence-electron chi connectivity index (χ3n) is 5.43. The zero-order valence-electron chi connectivity index (χ0n) is 16.6. The number of hydrogen-bond donors (Lipinski definition) is 1. The van der Waals surface area contributed by atoms with E-state index in [2.05, 4.69) is 64.3 Å². The van der Waals surface area contributed by atoms with Crippen LogP contribution >= 0.6 is 11.8 Å². The second kappa shape index (κ2) is 8.97. The molecule has 0 unspecified atom stereocenters. The summed E-state index contributed by atoms with van der Waals surface area (Å²) in [6.45, 7) is 6.98. The standard InChI is InChI=1S/C22H28N4OS/c1-16-13-20(17(2)26(16)14-19-9-6-12-27-19)21-15-28-22(25-24-21)23-11-10-18-7-4-3-5-8-18/h3-5,7-8,13,19H,6,9-12,14-15H2,1-2H3,(H,23,25)/t19-/m1/s1. The SMILES string of the molecule is Cc1cc(C2=NNC(=NCCc3ccccc3)SC2)c(C)n1C[C@H]1CCCO1. The van der Waals surface area contributed by atoms with Crippen LogP contribution in [0.2, 0.25) is 0 Å². The fraction of sp³-hybridized carbons (Fsp3) is 0.455. The molecule has 0 spiro atoms. The van der Waals surface area contributed by atoms with Crippen molar-refractivity contribution in [2.45, 2.75) is 45.8 Å². The van der Waals surface area contributed by atoms with Gasteiger partial charge in [0.15, 0.2) is 5.17 Å². The minimum atomic E-state index is 0.349. The van der Waals surface area contributed by atoms with Crippen LogP contribution in [-0.4, -0.2) is 40.5 Å². The molecule has 2 aliphatic rings. The highest BCUT2D eigenvalue weighted by Crippen LogP contribution is 2.23. The normalized spacial score (nSPS) is 21.0. The van der Waals surface area contributed by atoms with Gasteiger partial charge in [-0.05, 0) is 44.7 Å². The van der Waals surface area contributed by atoms with Crippen molar-refractivity contribution in [3.63, 3.8) is 0 Å². The lowest BCUT2D eigenvalue weighted by Gasteiger charge is -2.17. The van der Waals surface area contributed by atoms with Gasteiger partial charge >= 0.3 is 0 Å². The number of rotatable bonds is 6. The minimum Gasteiger partial charge on any atom is -0.376 e. The van der Waals surface area contributed by atoms with Gasteiger partial charge in [-0.15, -0.1) is 0 Å². The molecule has 3 heterocycles. The Labute approximate surface area is 171 Å². The first-order valence-electron chi connectivity index (χ1n) is 10.0. The van der Waals surface area contributed by atoms with E-state index in [1.165, 1.54) is 28.9 Å². The monoisotopic (exact) mass is 396 g/mol. The summed E-state index contributed by atoms with van der Waals surface area (Å²) in [5, 5.41) is 5.53. The van der Waals surface area contributed by atoms with Crippen molar-refractivity contribution in [3.8, 4) is 0 Å². The van der Waals surface area contributed by atoms with Gasteiger partial charge in [-0.1, -0.05) is 42.1 Å². The summed E-state index contributed by atoms with van der Waals surface area (Å²) < 4.78 is 8.20. The van der Waals surface area contributed by atoms with Gasteiger partial charge in [0.1, 0.15) is 0 Å². The lowest BCUT2D eigenvalue weighted by Crippen LogP contribution is -2.26. The van der Waals surface area contributed by atoms with E-state index in [1.807, 2.05) is 6.07 Å². The second-order valence-electron chi connectivity index (χ2n) is 7.41. The summed E-state index contributed by atoms with van der Waals surface area (Å²) in [6.07, 6.45) is 3.64. The van der Waals surface area contributed by atoms with Crippen LogP contribution in [0.5, 0.6) is 0 Å². The molecule has 4 rings (SSSR count). The Bertz CT molecular complexity index is 866. The highest BCUT2D eigenvalue weighted by atomic mass is 32.2. The number of ether oxygens (including phenoxy) is 1. The van der Waals surface area contributed by atoms with E-state index in [1.54, 1.807) is 11.8 Å². The van der Waals surface area contributed by atoms with Crippen molar-refractivity contribution in [1.82, 2.24) is 9.99 Å². The van der Waals surface area contributed by atoms with Gasteiger partial charge in [-0.25, -0.2) is 0 Å². The molecule has 0 aliphatic carbocycles. The van der Waals surface area contributed by atoms with Gasteiger partial charge in [-0.2, -0.15) is 5.10 Å². The van der Waals surface area contributed by atoms with Crippen molar-refractivity contribution in [1.29, 1.82) is 0 Å². The molecule has 0 radical (unpaired) electrons. The number of aromatic nitrogens is 1. The maximum absolute atomic E-state index is 5.82. The molecule has 1 N–H and O–H groups in total. The van der Waals surface area contributed by atoms with Gasteiger partial charge in [0, 0.05) is 42.4 Å². The molecule has 2 aromatic rings. The molecule has 1 atom stereocenters. The Morgan fingerprint density at radius 1 is 1.29 bits per heavy atom. The minimum absolute atomic E-state index is 0.349. The molecule has 1 aromatic heterocycles. The molecule has 5 nitrogen and oxygen atoms in total. The van der Waals surface area contributed by atoms with Gasteiger partial charge < -0.3 is 9.30 Å². The Morgan fingerprint density at radius 3 is 2.86 bits per heavy atom. The van der Waals surface area contributed by atoms with Crippen molar-refractivity contribution < 1.29 is 4.74 Å². The van der Waals surface area contributed by atoms with Crippen molar-refractivity contribution in [2.24, 2.45) is 10.1 Å². The first kappa shape index (κ1) is 19.3. The summed E-state index contributed by atoms with van der Waals surface area (Å²) in [5.41, 5.74) is 9.35. The predicted octanol–water partition coefficient (Wildman–Crippen LogP) is 3.92. The van der Waals surface area contributed by atoms with Crippen LogP contribution in [0.3, 0.4) is 0 Å². The van der Waals surface area contributed by atoms with Crippen molar-refractivity contribution in [2.75, 3.05) is 18.9 Å². The molecular formula is C22H28N4OS. The Balaban J connectivity index is 1.38. The van der Waals surface area contributed by atoms with E-state index < -0.39 is 0 Å². The number of thioether (sulfide) groups is 1. The predicted molar refractivity (Wildman–Crippen MR) is 117 cm³/mol. The molecule has 1 fully saturated rings. The average molecular weight is 397 g/mol. The van der Waals surface area contributed by atoms with Gasteiger partial charge in [-0.3, -0.25) is 10.4 Å². The van der Waals surface area contributed by atoms with E-state index in [9.17, 15) is 0 Å². The lowest BCUT2D eigenvalue weighted by molar-refractivity contribution is 0.0962. The second-order valence-corrected chi connectivity index (χ2v) is 8.38. The summed E-state index contributed by atoms with van der Waals surface area (Å²) >= 11 is 1.73. The van der Waals surface area contributed by atoms with Crippen LogP contribution in [0.4, 0.5) is 0 Å². The number of nitrogens with zero attached hydrogens (tertiary/aromatic N) is 3. The van der Waals surface area contributed by atoms with Gasteiger partial charge in [0.2, 0.25) is 0 Å². The summed E-state index contributed by atoms with van der Waals surface area (Å²) in [7, 11) is 0. The average Bonchev–Trinajstić information content (AvgIpc) is 3.33. The maximum Gasteiger partial charge on any atom is 0.177 e. The number of aryl methyl sites for hydroxylation is 1. The highest BCUT2D eigenvalue weighted by molar-refractivity contribution is 8.14. The third-order valence-corrected chi connectivity index (χ3v) is 6.34. The summed E-state index contributed by atoms with van der Waals surface area (Å²) in [6, 6.07) is 12.7. The molecule has 0 saturated carbocycles. The summed E-state index contributed by atoms with van der Waals surface area (Å²) in [5.74, 6) is 0.849. The lowest BCUT2D eigenvalue weighted by atomic mass is 10.1. The van der Waals surface area contributed by atoms with E-state index in [0.717, 1.165) is 49.2 Å². The van der Waals surface area contributed by atoms with E-state index in [0.29, 0.717) is 6.10 Å². The van der Waals surface area contributed by atoms with Gasteiger partial charge in [0.25, 0.3) is 0 Å². The molecule has 1 aromatic carbocycles. The largest absolute Gasteiger partial charge is 0.376 e. The van der Waals surface area contributed by atoms with Crippen LogP contribution in [0.25, 0.3) is 0 Å². The fourth-order valence-corrected chi connectivity index (χ4v) is 4.62. The number of hydrazone groups is 1. The maximum atomic E-state index is 5.82. The molecule has 148 valence electrons. The number of hydrogen-bond acceptors (Lipinski definition) is 4. The molecule has 1 saturated heterocycles. The zero-order valence-corrected chi connectivity index (χ0v) is 17.5. The molecular weight excluding hydrogens is 368 g/mol. The Morgan fingerprint density at radius 2 is 2.14 bits per heavy atom.